The van der Waals surface area contributed by atoms with Gasteiger partial charge in [-0.15, -0.1) is 0 Å². The summed E-state index contributed by atoms with van der Waals surface area (Å²) in [5, 5.41) is 3.38. The van der Waals surface area contributed by atoms with Crippen molar-refractivity contribution in [1.82, 2.24) is 15.0 Å². The van der Waals surface area contributed by atoms with Gasteiger partial charge in [0.2, 0.25) is 0 Å². The van der Waals surface area contributed by atoms with E-state index in [1.807, 2.05) is 24.5 Å². The largest absolute Gasteiger partial charge is 0.370 e. The van der Waals surface area contributed by atoms with Gasteiger partial charge in [-0.1, -0.05) is 6.92 Å². The highest BCUT2D eigenvalue weighted by Crippen LogP contribution is 2.39. The number of hydrogen-bond donors (Lipinski definition) is 1. The molecular weight excluding hydrogens is 248 g/mol. The third-order valence-corrected chi connectivity index (χ3v) is 3.46. The van der Waals surface area contributed by atoms with Crippen molar-refractivity contribution >= 4 is 5.82 Å². The van der Waals surface area contributed by atoms with Crippen molar-refractivity contribution in [3.05, 3.63) is 47.7 Å². The predicted octanol–water partition coefficient (Wildman–Crippen LogP) is 3.16. The lowest BCUT2D eigenvalue weighted by Gasteiger charge is -2.09. The van der Waals surface area contributed by atoms with Crippen LogP contribution in [-0.2, 0) is 6.42 Å². The van der Waals surface area contributed by atoms with Gasteiger partial charge in [-0.05, 0) is 37.0 Å². The van der Waals surface area contributed by atoms with Crippen LogP contribution in [0.5, 0.6) is 0 Å². The molecule has 0 spiro atoms. The van der Waals surface area contributed by atoms with Crippen molar-refractivity contribution in [1.29, 1.82) is 0 Å². The Kier molecular flexibility index (Phi) is 3.90. The standard InChI is InChI=1S/C16H20N4/c1-2-7-18-15-11-14(13-3-4-13)19-16(20-15)10-12-5-8-17-9-6-12/h5-6,8-9,11,13H,2-4,7,10H2,1H3,(H,18,19,20). The van der Waals surface area contributed by atoms with Crippen molar-refractivity contribution in [2.45, 2.75) is 38.5 Å². The van der Waals surface area contributed by atoms with Gasteiger partial charge in [0.15, 0.2) is 0 Å². The van der Waals surface area contributed by atoms with Crippen LogP contribution in [0.15, 0.2) is 30.6 Å². The lowest BCUT2D eigenvalue weighted by molar-refractivity contribution is 0.886. The fourth-order valence-electron chi connectivity index (χ4n) is 2.21. The van der Waals surface area contributed by atoms with Gasteiger partial charge < -0.3 is 5.32 Å². The summed E-state index contributed by atoms with van der Waals surface area (Å²) in [6.07, 6.45) is 8.02. The summed E-state index contributed by atoms with van der Waals surface area (Å²) >= 11 is 0. The first kappa shape index (κ1) is 13.0. The molecule has 0 bridgehead atoms. The molecule has 4 nitrogen and oxygen atoms in total. The summed E-state index contributed by atoms with van der Waals surface area (Å²) in [5.41, 5.74) is 2.40. The quantitative estimate of drug-likeness (QED) is 0.874. The molecule has 4 heteroatoms. The maximum atomic E-state index is 4.73. The Morgan fingerprint density at radius 3 is 2.70 bits per heavy atom. The normalized spacial score (nSPS) is 14.2. The van der Waals surface area contributed by atoms with E-state index < -0.39 is 0 Å². The zero-order valence-electron chi connectivity index (χ0n) is 11.8. The number of anilines is 1. The molecule has 0 saturated heterocycles. The molecule has 3 rings (SSSR count). The molecule has 20 heavy (non-hydrogen) atoms. The van der Waals surface area contributed by atoms with Gasteiger partial charge in [0.1, 0.15) is 11.6 Å². The van der Waals surface area contributed by atoms with E-state index in [0.29, 0.717) is 5.92 Å². The Morgan fingerprint density at radius 2 is 2.00 bits per heavy atom. The third-order valence-electron chi connectivity index (χ3n) is 3.46. The average molecular weight is 268 g/mol. The van der Waals surface area contributed by atoms with Gasteiger partial charge in [-0.25, -0.2) is 9.97 Å². The van der Waals surface area contributed by atoms with E-state index in [1.165, 1.54) is 24.1 Å². The number of hydrogen-bond acceptors (Lipinski definition) is 4. The monoisotopic (exact) mass is 268 g/mol. The van der Waals surface area contributed by atoms with Crippen molar-refractivity contribution < 1.29 is 0 Å². The second-order valence-corrected chi connectivity index (χ2v) is 5.33. The summed E-state index contributed by atoms with van der Waals surface area (Å²) < 4.78 is 0. The molecule has 2 aromatic rings. The smallest absolute Gasteiger partial charge is 0.135 e. The van der Waals surface area contributed by atoms with Crippen molar-refractivity contribution in [2.75, 3.05) is 11.9 Å². The first-order valence-electron chi connectivity index (χ1n) is 7.36. The summed E-state index contributed by atoms with van der Waals surface area (Å²) in [4.78, 5) is 13.4. The molecular formula is C16H20N4. The van der Waals surface area contributed by atoms with Gasteiger partial charge in [0, 0.05) is 43.0 Å². The number of aromatic nitrogens is 3. The molecule has 2 heterocycles. The summed E-state index contributed by atoms with van der Waals surface area (Å²) in [7, 11) is 0. The lowest BCUT2D eigenvalue weighted by Crippen LogP contribution is -2.07. The topological polar surface area (TPSA) is 50.7 Å². The minimum atomic E-state index is 0.649. The molecule has 0 aliphatic heterocycles. The molecule has 1 fully saturated rings. The molecule has 2 aromatic heterocycles. The third kappa shape index (κ3) is 3.32. The molecule has 1 aliphatic carbocycles. The van der Waals surface area contributed by atoms with Gasteiger partial charge >= 0.3 is 0 Å². The van der Waals surface area contributed by atoms with E-state index in [4.69, 9.17) is 4.98 Å². The van der Waals surface area contributed by atoms with Crippen LogP contribution in [0.2, 0.25) is 0 Å². The Morgan fingerprint density at radius 1 is 1.20 bits per heavy atom. The highest BCUT2D eigenvalue weighted by Gasteiger charge is 2.26. The highest BCUT2D eigenvalue weighted by molar-refractivity contribution is 5.38. The first-order chi connectivity index (χ1) is 9.85. The molecule has 1 aliphatic rings. The molecule has 104 valence electrons. The molecule has 1 N–H and O–H groups in total. The van der Waals surface area contributed by atoms with Crippen molar-refractivity contribution in [3.8, 4) is 0 Å². The summed E-state index contributed by atoms with van der Waals surface area (Å²) in [6, 6.07) is 6.15. The number of rotatable bonds is 6. The van der Waals surface area contributed by atoms with Crippen molar-refractivity contribution in [2.24, 2.45) is 0 Å². The Balaban J connectivity index is 1.83. The highest BCUT2D eigenvalue weighted by atomic mass is 15.0. The van der Waals surface area contributed by atoms with Crippen LogP contribution < -0.4 is 5.32 Å². The zero-order chi connectivity index (χ0) is 13.8. The van der Waals surface area contributed by atoms with Crippen LogP contribution in [0.1, 0.15) is 49.2 Å². The second-order valence-electron chi connectivity index (χ2n) is 5.33. The minimum Gasteiger partial charge on any atom is -0.370 e. The van der Waals surface area contributed by atoms with Crippen LogP contribution in [0.4, 0.5) is 5.82 Å². The van der Waals surface area contributed by atoms with Crippen LogP contribution >= 0.6 is 0 Å². The van der Waals surface area contributed by atoms with Crippen molar-refractivity contribution in [3.63, 3.8) is 0 Å². The molecule has 0 amide bonds. The minimum absolute atomic E-state index is 0.649. The van der Waals surface area contributed by atoms with Gasteiger partial charge in [-0.2, -0.15) is 0 Å². The van der Waals surface area contributed by atoms with Gasteiger partial charge in [0.25, 0.3) is 0 Å². The predicted molar refractivity (Wildman–Crippen MR) is 79.8 cm³/mol. The summed E-state index contributed by atoms with van der Waals surface area (Å²) in [6.45, 7) is 3.11. The Hall–Kier alpha value is -1.97. The van der Waals surface area contributed by atoms with Gasteiger partial charge in [-0.3, -0.25) is 4.98 Å². The molecule has 0 radical (unpaired) electrons. The summed E-state index contributed by atoms with van der Waals surface area (Å²) in [5.74, 6) is 2.52. The van der Waals surface area contributed by atoms with E-state index in [1.54, 1.807) is 0 Å². The van der Waals surface area contributed by atoms with E-state index in [0.717, 1.165) is 31.0 Å². The fraction of sp³-hybridized carbons (Fsp3) is 0.438. The zero-order valence-corrected chi connectivity index (χ0v) is 11.8. The van der Waals surface area contributed by atoms with E-state index in [-0.39, 0.29) is 0 Å². The SMILES string of the molecule is CCCNc1cc(C2CC2)nc(Cc2ccncc2)n1. The molecule has 0 unspecified atom stereocenters. The lowest BCUT2D eigenvalue weighted by atomic mass is 10.2. The fourth-order valence-corrected chi connectivity index (χ4v) is 2.21. The van der Waals surface area contributed by atoms with Crippen LogP contribution in [-0.4, -0.2) is 21.5 Å². The number of nitrogens with one attached hydrogen (secondary N) is 1. The van der Waals surface area contributed by atoms with E-state index in [9.17, 15) is 0 Å². The van der Waals surface area contributed by atoms with Crippen LogP contribution in [0.3, 0.4) is 0 Å². The second kappa shape index (κ2) is 5.99. The number of nitrogens with zero attached hydrogens (tertiary/aromatic N) is 3. The van der Waals surface area contributed by atoms with E-state index in [2.05, 4.69) is 28.3 Å². The number of pyridine rings is 1. The molecule has 1 saturated carbocycles. The van der Waals surface area contributed by atoms with Gasteiger partial charge in [0.05, 0.1) is 0 Å². The molecule has 0 aromatic carbocycles. The van der Waals surface area contributed by atoms with E-state index >= 15 is 0 Å². The maximum absolute atomic E-state index is 4.73. The average Bonchev–Trinajstić information content (AvgIpc) is 3.31. The maximum Gasteiger partial charge on any atom is 0.135 e. The molecule has 0 atom stereocenters. The Labute approximate surface area is 119 Å². The van der Waals surface area contributed by atoms with Crippen LogP contribution in [0, 0.1) is 0 Å². The first-order valence-corrected chi connectivity index (χ1v) is 7.36. The Bertz CT molecular complexity index is 564. The van der Waals surface area contributed by atoms with Crippen LogP contribution in [0.25, 0.3) is 0 Å².